The zero-order chi connectivity index (χ0) is 13.7. The zero-order valence-electron chi connectivity index (χ0n) is 12.4. The molecule has 2 rings (SSSR count). The molecule has 0 bridgehead atoms. The first-order chi connectivity index (χ1) is 9.16. The van der Waals surface area contributed by atoms with Crippen molar-refractivity contribution in [2.75, 3.05) is 6.54 Å². The second kappa shape index (κ2) is 7.28. The third-order valence-electron chi connectivity index (χ3n) is 5.27. The van der Waals surface area contributed by atoms with Crippen molar-refractivity contribution in [3.8, 4) is 0 Å². The highest BCUT2D eigenvalue weighted by atomic mass is 16.1. The van der Waals surface area contributed by atoms with Gasteiger partial charge in [0.1, 0.15) is 0 Å². The number of nitrogens with two attached hydrogens (primary N) is 1. The third-order valence-corrected chi connectivity index (χ3v) is 5.27. The first kappa shape index (κ1) is 14.8. The fraction of sp³-hybridized carbons (Fsp3) is 0.938. The van der Waals surface area contributed by atoms with Gasteiger partial charge in [0.15, 0.2) is 0 Å². The topological polar surface area (TPSA) is 55.1 Å². The highest BCUT2D eigenvalue weighted by Crippen LogP contribution is 2.29. The Kier molecular flexibility index (Phi) is 5.68. The van der Waals surface area contributed by atoms with Gasteiger partial charge in [0.2, 0.25) is 5.91 Å². The van der Waals surface area contributed by atoms with Gasteiger partial charge in [-0.1, -0.05) is 39.0 Å². The minimum absolute atomic E-state index is 0.222. The molecule has 0 aromatic heterocycles. The van der Waals surface area contributed by atoms with E-state index < -0.39 is 0 Å². The van der Waals surface area contributed by atoms with Gasteiger partial charge in [-0.25, -0.2) is 0 Å². The normalized spacial score (nSPS) is 35.9. The van der Waals surface area contributed by atoms with E-state index in [0.29, 0.717) is 18.3 Å². The van der Waals surface area contributed by atoms with Crippen LogP contribution in [0.5, 0.6) is 0 Å². The lowest BCUT2D eigenvalue weighted by atomic mass is 9.80. The van der Waals surface area contributed by atoms with Gasteiger partial charge < -0.3 is 11.1 Å². The molecular formula is C16H30N2O. The van der Waals surface area contributed by atoms with Crippen molar-refractivity contribution < 1.29 is 4.79 Å². The zero-order valence-corrected chi connectivity index (χ0v) is 12.4. The fourth-order valence-corrected chi connectivity index (χ4v) is 3.74. The van der Waals surface area contributed by atoms with Crippen molar-refractivity contribution in [1.82, 2.24) is 5.32 Å². The Hall–Kier alpha value is -0.570. The molecule has 110 valence electrons. The van der Waals surface area contributed by atoms with Crippen LogP contribution in [0, 0.1) is 17.8 Å². The summed E-state index contributed by atoms with van der Waals surface area (Å²) in [6.45, 7) is 3.20. The van der Waals surface area contributed by atoms with Crippen LogP contribution in [0.2, 0.25) is 0 Å². The molecule has 2 aliphatic carbocycles. The Morgan fingerprint density at radius 1 is 1.05 bits per heavy atom. The van der Waals surface area contributed by atoms with Crippen molar-refractivity contribution in [3.63, 3.8) is 0 Å². The van der Waals surface area contributed by atoms with Gasteiger partial charge in [-0.05, 0) is 37.0 Å². The second-order valence-electron chi connectivity index (χ2n) is 6.74. The molecule has 0 spiro atoms. The largest absolute Gasteiger partial charge is 0.356 e. The lowest BCUT2D eigenvalue weighted by Gasteiger charge is -2.30. The van der Waals surface area contributed by atoms with E-state index in [-0.39, 0.29) is 11.9 Å². The summed E-state index contributed by atoms with van der Waals surface area (Å²) >= 11 is 0. The van der Waals surface area contributed by atoms with Crippen LogP contribution >= 0.6 is 0 Å². The summed E-state index contributed by atoms with van der Waals surface area (Å²) in [7, 11) is 0. The lowest BCUT2D eigenvalue weighted by Crippen LogP contribution is -2.39. The lowest BCUT2D eigenvalue weighted by molar-refractivity contribution is -0.122. The average Bonchev–Trinajstić information content (AvgIpc) is 2.40. The molecule has 0 saturated heterocycles. The molecule has 3 heteroatoms. The van der Waals surface area contributed by atoms with Crippen LogP contribution in [0.25, 0.3) is 0 Å². The minimum Gasteiger partial charge on any atom is -0.356 e. The van der Waals surface area contributed by atoms with Gasteiger partial charge in [-0.15, -0.1) is 0 Å². The van der Waals surface area contributed by atoms with Gasteiger partial charge in [-0.3, -0.25) is 4.79 Å². The monoisotopic (exact) mass is 266 g/mol. The SMILES string of the molecule is CC1CCCCC1CNC(=O)CC1CCCCC1N. The molecule has 3 nitrogen and oxygen atoms in total. The van der Waals surface area contributed by atoms with Gasteiger partial charge in [0.05, 0.1) is 0 Å². The first-order valence-electron chi connectivity index (χ1n) is 8.19. The molecule has 0 aliphatic heterocycles. The van der Waals surface area contributed by atoms with Gasteiger partial charge in [0.25, 0.3) is 0 Å². The van der Waals surface area contributed by atoms with Crippen molar-refractivity contribution in [2.24, 2.45) is 23.5 Å². The molecule has 2 fully saturated rings. The van der Waals surface area contributed by atoms with E-state index >= 15 is 0 Å². The summed E-state index contributed by atoms with van der Waals surface area (Å²) < 4.78 is 0. The number of nitrogens with one attached hydrogen (secondary N) is 1. The summed E-state index contributed by atoms with van der Waals surface area (Å²) in [5.74, 6) is 2.10. The van der Waals surface area contributed by atoms with Gasteiger partial charge in [-0.2, -0.15) is 0 Å². The highest BCUT2D eigenvalue weighted by molar-refractivity contribution is 5.76. The van der Waals surface area contributed by atoms with Crippen LogP contribution in [0.15, 0.2) is 0 Å². The smallest absolute Gasteiger partial charge is 0.220 e. The summed E-state index contributed by atoms with van der Waals surface area (Å²) in [5, 5.41) is 3.16. The summed E-state index contributed by atoms with van der Waals surface area (Å²) in [4.78, 5) is 12.0. The van der Waals surface area contributed by atoms with Crippen molar-refractivity contribution in [3.05, 3.63) is 0 Å². The van der Waals surface area contributed by atoms with Gasteiger partial charge in [0, 0.05) is 19.0 Å². The van der Waals surface area contributed by atoms with Crippen LogP contribution < -0.4 is 11.1 Å². The second-order valence-corrected chi connectivity index (χ2v) is 6.74. The Morgan fingerprint density at radius 3 is 2.37 bits per heavy atom. The van der Waals surface area contributed by atoms with E-state index in [4.69, 9.17) is 5.73 Å². The number of rotatable bonds is 4. The van der Waals surface area contributed by atoms with E-state index in [9.17, 15) is 4.79 Å². The van der Waals surface area contributed by atoms with E-state index in [1.165, 1.54) is 38.5 Å². The van der Waals surface area contributed by atoms with E-state index in [1.54, 1.807) is 0 Å². The Labute approximate surface area is 117 Å². The number of carbonyl (C=O) groups excluding carboxylic acids is 1. The van der Waals surface area contributed by atoms with Crippen LogP contribution in [0.1, 0.15) is 64.7 Å². The molecular weight excluding hydrogens is 236 g/mol. The molecule has 4 atom stereocenters. The number of amides is 1. The standard InChI is InChI=1S/C16H30N2O/c1-12-6-2-3-8-14(12)11-18-16(19)10-13-7-4-5-9-15(13)17/h12-15H,2-11,17H2,1H3,(H,18,19). The predicted molar refractivity (Wildman–Crippen MR) is 78.7 cm³/mol. The average molecular weight is 266 g/mol. The molecule has 4 unspecified atom stereocenters. The maximum absolute atomic E-state index is 12.0. The van der Waals surface area contributed by atoms with Crippen molar-refractivity contribution >= 4 is 5.91 Å². The van der Waals surface area contributed by atoms with E-state index in [1.807, 2.05) is 0 Å². The summed E-state index contributed by atoms with van der Waals surface area (Å²) in [6, 6.07) is 0.244. The summed E-state index contributed by atoms with van der Waals surface area (Å²) in [5.41, 5.74) is 6.11. The summed E-state index contributed by atoms with van der Waals surface area (Å²) in [6.07, 6.45) is 10.7. The molecule has 0 aromatic carbocycles. The Morgan fingerprint density at radius 2 is 1.68 bits per heavy atom. The maximum Gasteiger partial charge on any atom is 0.220 e. The van der Waals surface area contributed by atoms with Crippen molar-refractivity contribution in [1.29, 1.82) is 0 Å². The minimum atomic E-state index is 0.222. The van der Waals surface area contributed by atoms with Crippen LogP contribution in [0.4, 0.5) is 0 Å². The Bertz CT molecular complexity index is 292. The molecule has 0 radical (unpaired) electrons. The molecule has 2 saturated carbocycles. The Balaban J connectivity index is 1.69. The molecule has 1 amide bonds. The van der Waals surface area contributed by atoms with E-state index in [0.717, 1.165) is 25.3 Å². The third kappa shape index (κ3) is 4.48. The number of carbonyl (C=O) groups is 1. The van der Waals surface area contributed by atoms with Crippen LogP contribution in [-0.4, -0.2) is 18.5 Å². The maximum atomic E-state index is 12.0. The molecule has 2 aliphatic rings. The first-order valence-corrected chi connectivity index (χ1v) is 8.19. The van der Waals surface area contributed by atoms with Crippen LogP contribution in [0.3, 0.4) is 0 Å². The molecule has 3 N–H and O–H groups in total. The number of hydrogen-bond donors (Lipinski definition) is 2. The molecule has 0 aromatic rings. The fourth-order valence-electron chi connectivity index (χ4n) is 3.74. The number of hydrogen-bond acceptors (Lipinski definition) is 2. The molecule has 19 heavy (non-hydrogen) atoms. The van der Waals surface area contributed by atoms with E-state index in [2.05, 4.69) is 12.2 Å². The highest BCUT2D eigenvalue weighted by Gasteiger charge is 2.25. The molecule has 0 heterocycles. The van der Waals surface area contributed by atoms with Crippen molar-refractivity contribution in [2.45, 2.75) is 70.8 Å². The van der Waals surface area contributed by atoms with Crippen LogP contribution in [-0.2, 0) is 4.79 Å². The quantitative estimate of drug-likeness (QED) is 0.822. The van der Waals surface area contributed by atoms with Gasteiger partial charge >= 0.3 is 0 Å². The predicted octanol–water partition coefficient (Wildman–Crippen LogP) is 2.84.